The molecule has 2 aromatic heterocycles. The normalized spacial score (nSPS) is 19.3. The van der Waals surface area contributed by atoms with Crippen LogP contribution in [0.15, 0.2) is 48.9 Å². The molecule has 31 heavy (non-hydrogen) atoms. The summed E-state index contributed by atoms with van der Waals surface area (Å²) >= 11 is 0. The number of ketones is 1. The van der Waals surface area contributed by atoms with Crippen molar-refractivity contribution >= 4 is 11.5 Å². The number of aliphatic hydroxyl groups is 1. The highest BCUT2D eigenvalue weighted by Crippen LogP contribution is 2.24. The van der Waals surface area contributed by atoms with Gasteiger partial charge in [-0.3, -0.25) is 9.78 Å². The molecule has 0 amide bonds. The van der Waals surface area contributed by atoms with E-state index in [-0.39, 0.29) is 23.8 Å². The van der Waals surface area contributed by atoms with Gasteiger partial charge in [0.2, 0.25) is 0 Å². The van der Waals surface area contributed by atoms with Gasteiger partial charge in [0.15, 0.2) is 5.78 Å². The second kappa shape index (κ2) is 9.39. The van der Waals surface area contributed by atoms with Crippen molar-refractivity contribution in [2.45, 2.75) is 57.1 Å². The summed E-state index contributed by atoms with van der Waals surface area (Å²) in [5.74, 6) is 1.20. The first kappa shape index (κ1) is 21.2. The molecule has 0 radical (unpaired) electrons. The van der Waals surface area contributed by atoms with Gasteiger partial charge in [-0.2, -0.15) is 0 Å². The molecule has 3 atom stereocenters. The average molecular weight is 420 g/mol. The quantitative estimate of drug-likeness (QED) is 0.544. The molecule has 3 aromatic rings. The molecule has 2 heterocycles. The third-order valence-electron chi connectivity index (χ3n) is 6.00. The standard InChI is InChI=1S/C24H29N5O2/c1-16(10-24-28-26-15-29(24)2)18-5-3-4-17(11-18)12-23(31)22-14-20(8-9-25-22)27-19-6-7-21(30)13-19/h3-5,8-9,11,14-16,19,21,30H,6-7,10,12-13H2,1-2H3,(H,25,27)/t16-,19-,21+/m1/s1. The van der Waals surface area contributed by atoms with Gasteiger partial charge >= 0.3 is 0 Å². The van der Waals surface area contributed by atoms with Crippen molar-refractivity contribution in [2.24, 2.45) is 7.05 Å². The van der Waals surface area contributed by atoms with Crippen molar-refractivity contribution in [3.63, 3.8) is 0 Å². The number of rotatable bonds is 8. The van der Waals surface area contributed by atoms with Gasteiger partial charge in [-0.05, 0) is 48.4 Å². The molecule has 0 unspecified atom stereocenters. The number of hydrogen-bond donors (Lipinski definition) is 2. The van der Waals surface area contributed by atoms with Gasteiger partial charge in [0, 0.05) is 37.8 Å². The lowest BCUT2D eigenvalue weighted by molar-refractivity contribution is 0.0988. The summed E-state index contributed by atoms with van der Waals surface area (Å²) < 4.78 is 1.93. The van der Waals surface area contributed by atoms with Crippen LogP contribution in [0.25, 0.3) is 0 Å². The summed E-state index contributed by atoms with van der Waals surface area (Å²) in [5.41, 5.74) is 3.49. The molecule has 1 fully saturated rings. The summed E-state index contributed by atoms with van der Waals surface area (Å²) in [6.07, 6.45) is 6.74. The summed E-state index contributed by atoms with van der Waals surface area (Å²) in [6.45, 7) is 2.16. The predicted octanol–water partition coefficient (Wildman–Crippen LogP) is 3.31. The Balaban J connectivity index is 1.41. The molecule has 1 aliphatic carbocycles. The van der Waals surface area contributed by atoms with Crippen LogP contribution in [-0.4, -0.2) is 42.8 Å². The van der Waals surface area contributed by atoms with E-state index in [0.717, 1.165) is 42.8 Å². The zero-order valence-corrected chi connectivity index (χ0v) is 18.0. The smallest absolute Gasteiger partial charge is 0.185 e. The lowest BCUT2D eigenvalue weighted by Crippen LogP contribution is -2.17. The van der Waals surface area contributed by atoms with Crippen molar-refractivity contribution in [2.75, 3.05) is 5.32 Å². The van der Waals surface area contributed by atoms with E-state index in [1.54, 1.807) is 12.5 Å². The number of aromatic nitrogens is 4. The number of Topliss-reactive ketones (excluding diaryl/α,β-unsaturated/α-hetero) is 1. The van der Waals surface area contributed by atoms with Gasteiger partial charge in [-0.25, -0.2) is 0 Å². The molecule has 1 aliphatic rings. The van der Waals surface area contributed by atoms with Crippen LogP contribution in [0.2, 0.25) is 0 Å². The molecule has 7 heteroatoms. The minimum absolute atomic E-state index is 0.00629. The van der Waals surface area contributed by atoms with Crippen molar-refractivity contribution in [3.05, 3.63) is 71.6 Å². The summed E-state index contributed by atoms with van der Waals surface area (Å²) in [7, 11) is 1.95. The fourth-order valence-corrected chi connectivity index (χ4v) is 4.17. The monoisotopic (exact) mass is 419 g/mol. The van der Waals surface area contributed by atoms with Crippen molar-refractivity contribution < 1.29 is 9.90 Å². The maximum atomic E-state index is 12.9. The first-order valence-corrected chi connectivity index (χ1v) is 10.8. The Morgan fingerprint density at radius 1 is 1.29 bits per heavy atom. The van der Waals surface area contributed by atoms with Gasteiger partial charge in [0.1, 0.15) is 17.8 Å². The topological polar surface area (TPSA) is 92.9 Å². The maximum Gasteiger partial charge on any atom is 0.185 e. The van der Waals surface area contributed by atoms with Crippen LogP contribution in [-0.2, 0) is 19.9 Å². The van der Waals surface area contributed by atoms with Gasteiger partial charge < -0.3 is 15.0 Å². The number of nitrogens with one attached hydrogen (secondary N) is 1. The molecule has 0 aliphatic heterocycles. The minimum atomic E-state index is -0.233. The van der Waals surface area contributed by atoms with Crippen LogP contribution in [0.3, 0.4) is 0 Å². The predicted molar refractivity (Wildman–Crippen MR) is 119 cm³/mol. The van der Waals surface area contributed by atoms with Crippen LogP contribution in [0, 0.1) is 0 Å². The van der Waals surface area contributed by atoms with Gasteiger partial charge in [-0.15, -0.1) is 10.2 Å². The fourth-order valence-electron chi connectivity index (χ4n) is 4.17. The second-order valence-electron chi connectivity index (χ2n) is 8.55. The number of aryl methyl sites for hydroxylation is 1. The molecule has 1 aromatic carbocycles. The Morgan fingerprint density at radius 2 is 2.16 bits per heavy atom. The van der Waals surface area contributed by atoms with Gasteiger partial charge in [0.25, 0.3) is 0 Å². The summed E-state index contributed by atoms with van der Waals surface area (Å²) in [5, 5.41) is 21.2. The van der Waals surface area contributed by atoms with Crippen LogP contribution in [0.1, 0.15) is 59.5 Å². The number of benzene rings is 1. The highest BCUT2D eigenvalue weighted by Gasteiger charge is 2.22. The van der Waals surface area contributed by atoms with Crippen molar-refractivity contribution in [1.29, 1.82) is 0 Å². The molecular weight excluding hydrogens is 390 g/mol. The van der Waals surface area contributed by atoms with Crippen LogP contribution < -0.4 is 5.32 Å². The summed E-state index contributed by atoms with van der Waals surface area (Å²) in [6, 6.07) is 12.1. The molecule has 0 bridgehead atoms. The third kappa shape index (κ3) is 5.35. The SMILES string of the molecule is C[C@H](Cc1nncn1C)c1cccc(CC(=O)c2cc(N[C@@H]3CC[C@H](O)C3)ccn2)c1. The molecule has 4 rings (SSSR count). The number of hydrogen-bond acceptors (Lipinski definition) is 6. The van der Waals surface area contributed by atoms with Crippen LogP contribution in [0.5, 0.6) is 0 Å². The Kier molecular flexibility index (Phi) is 6.42. The molecule has 162 valence electrons. The van der Waals surface area contributed by atoms with Crippen molar-refractivity contribution in [3.8, 4) is 0 Å². The van der Waals surface area contributed by atoms with E-state index in [1.807, 2.05) is 35.9 Å². The summed E-state index contributed by atoms with van der Waals surface area (Å²) in [4.78, 5) is 17.2. The zero-order chi connectivity index (χ0) is 21.8. The molecular formula is C24H29N5O2. The van der Waals surface area contributed by atoms with E-state index in [1.165, 1.54) is 5.56 Å². The highest BCUT2D eigenvalue weighted by atomic mass is 16.3. The number of aliphatic hydroxyl groups excluding tert-OH is 1. The molecule has 7 nitrogen and oxygen atoms in total. The Hall–Kier alpha value is -3.06. The van der Waals surface area contributed by atoms with E-state index in [0.29, 0.717) is 12.1 Å². The highest BCUT2D eigenvalue weighted by molar-refractivity contribution is 5.96. The zero-order valence-electron chi connectivity index (χ0n) is 18.0. The average Bonchev–Trinajstić information content (AvgIpc) is 3.36. The van der Waals surface area contributed by atoms with E-state index in [9.17, 15) is 9.90 Å². The number of carbonyl (C=O) groups excluding carboxylic acids is 1. The first-order valence-electron chi connectivity index (χ1n) is 10.8. The van der Waals surface area contributed by atoms with Crippen molar-refractivity contribution in [1.82, 2.24) is 19.7 Å². The van der Waals surface area contributed by atoms with E-state index in [4.69, 9.17) is 0 Å². The fraction of sp³-hybridized carbons (Fsp3) is 0.417. The molecule has 1 saturated carbocycles. The Bertz CT molecular complexity index is 1050. The van der Waals surface area contributed by atoms with Gasteiger partial charge in [-0.1, -0.05) is 31.2 Å². The lowest BCUT2D eigenvalue weighted by Gasteiger charge is -2.14. The molecule has 0 spiro atoms. The second-order valence-corrected chi connectivity index (χ2v) is 8.55. The van der Waals surface area contributed by atoms with E-state index in [2.05, 4.69) is 39.6 Å². The number of nitrogens with zero attached hydrogens (tertiary/aromatic N) is 4. The first-order chi connectivity index (χ1) is 15.0. The Morgan fingerprint density at radius 3 is 2.90 bits per heavy atom. The van der Waals surface area contributed by atoms with Gasteiger partial charge in [0.05, 0.1) is 6.10 Å². The van der Waals surface area contributed by atoms with E-state index < -0.39 is 0 Å². The van der Waals surface area contributed by atoms with Crippen LogP contribution >= 0.6 is 0 Å². The van der Waals surface area contributed by atoms with E-state index >= 15 is 0 Å². The maximum absolute atomic E-state index is 12.9. The number of carbonyl (C=O) groups is 1. The largest absolute Gasteiger partial charge is 0.393 e. The number of pyridine rings is 1. The van der Waals surface area contributed by atoms with Crippen LogP contribution in [0.4, 0.5) is 5.69 Å². The molecule has 0 saturated heterocycles. The Labute approximate surface area is 182 Å². The lowest BCUT2D eigenvalue weighted by atomic mass is 9.94. The third-order valence-corrected chi connectivity index (χ3v) is 6.00. The minimum Gasteiger partial charge on any atom is -0.393 e. The number of anilines is 1. The molecule has 2 N–H and O–H groups in total.